The highest BCUT2D eigenvalue weighted by Gasteiger charge is 2.45. The minimum atomic E-state index is -0.167. The summed E-state index contributed by atoms with van der Waals surface area (Å²) >= 11 is 0. The summed E-state index contributed by atoms with van der Waals surface area (Å²) in [6, 6.07) is 3.76. The number of hydrogen-bond donors (Lipinski definition) is 0. The highest BCUT2D eigenvalue weighted by Crippen LogP contribution is 2.40. The quantitative estimate of drug-likeness (QED) is 0.689. The molecular weight excluding hydrogens is 346 g/mol. The van der Waals surface area contributed by atoms with Gasteiger partial charge in [-0.15, -0.1) is 0 Å². The van der Waals surface area contributed by atoms with E-state index < -0.39 is 0 Å². The van der Waals surface area contributed by atoms with Gasteiger partial charge in [0.15, 0.2) is 0 Å². The van der Waals surface area contributed by atoms with Gasteiger partial charge in [-0.3, -0.25) is 19.0 Å². The number of rotatable bonds is 7. The molecule has 0 aliphatic heterocycles. The molecule has 1 amide bonds. The van der Waals surface area contributed by atoms with Gasteiger partial charge in [0, 0.05) is 26.3 Å². The Bertz CT molecular complexity index is 834. The fourth-order valence-electron chi connectivity index (χ4n) is 3.37. The zero-order chi connectivity index (χ0) is 19.7. The summed E-state index contributed by atoms with van der Waals surface area (Å²) in [4.78, 5) is 26.9. The number of ether oxygens (including phenoxy) is 1. The lowest BCUT2D eigenvalue weighted by Crippen LogP contribution is -2.34. The molecule has 1 saturated carbocycles. The molecule has 2 atom stereocenters. The molecule has 3 rings (SSSR count). The Labute approximate surface area is 159 Å². The first kappa shape index (κ1) is 19.1. The predicted octanol–water partition coefficient (Wildman–Crippen LogP) is 1.61. The lowest BCUT2D eigenvalue weighted by atomic mass is 10.2. The zero-order valence-corrected chi connectivity index (χ0v) is 16.6. The van der Waals surface area contributed by atoms with Crippen molar-refractivity contribution in [3.8, 4) is 0 Å². The van der Waals surface area contributed by atoms with Gasteiger partial charge in [-0.25, -0.2) is 0 Å². The van der Waals surface area contributed by atoms with Gasteiger partial charge in [-0.1, -0.05) is 0 Å². The smallest absolute Gasteiger partial charge is 0.309 e. The van der Waals surface area contributed by atoms with Crippen LogP contribution in [-0.4, -0.2) is 49.5 Å². The lowest BCUT2D eigenvalue weighted by molar-refractivity contribution is -0.145. The second-order valence-corrected chi connectivity index (χ2v) is 7.24. The van der Waals surface area contributed by atoms with E-state index in [1.165, 1.54) is 0 Å². The predicted molar refractivity (Wildman–Crippen MR) is 98.9 cm³/mol. The summed E-state index contributed by atoms with van der Waals surface area (Å²) < 4.78 is 8.51. The average Bonchev–Trinajstić information content (AvgIpc) is 3.19. The molecule has 0 aromatic carbocycles. The number of esters is 1. The molecule has 0 saturated heterocycles. The molecule has 146 valence electrons. The summed E-state index contributed by atoms with van der Waals surface area (Å²) in [6.45, 7) is 6.93. The Hall–Kier alpha value is -2.64. The van der Waals surface area contributed by atoms with Gasteiger partial charge in [0.2, 0.25) is 0 Å². The minimum Gasteiger partial charge on any atom is -0.466 e. The molecule has 2 aromatic rings. The summed E-state index contributed by atoms with van der Waals surface area (Å²) in [5.74, 6) is -0.248. The summed E-state index contributed by atoms with van der Waals surface area (Å²) in [5, 5.41) is 8.75. The van der Waals surface area contributed by atoms with Crippen molar-refractivity contribution in [2.75, 3.05) is 13.2 Å². The van der Waals surface area contributed by atoms with Crippen molar-refractivity contribution < 1.29 is 14.3 Å². The number of carbonyl (C=O) groups is 2. The third kappa shape index (κ3) is 4.20. The van der Waals surface area contributed by atoms with Crippen LogP contribution in [0.15, 0.2) is 12.1 Å². The maximum absolute atomic E-state index is 13.2. The van der Waals surface area contributed by atoms with E-state index in [1.54, 1.807) is 34.3 Å². The van der Waals surface area contributed by atoms with Crippen LogP contribution in [-0.2, 0) is 30.2 Å². The van der Waals surface area contributed by atoms with E-state index in [4.69, 9.17) is 4.74 Å². The van der Waals surface area contributed by atoms with Crippen molar-refractivity contribution in [1.82, 2.24) is 24.5 Å². The molecule has 1 aliphatic rings. The average molecular weight is 373 g/mol. The molecular formula is C19H27N5O3. The SMILES string of the molecule is CCOC(=O)[C@@H]1C[C@@H]1CN(Cc1cc(C)n(C)n1)C(=O)c1cc(C)nn1C. The van der Waals surface area contributed by atoms with E-state index in [0.29, 0.717) is 25.4 Å². The summed E-state index contributed by atoms with van der Waals surface area (Å²) in [6.07, 6.45) is 0.758. The first-order chi connectivity index (χ1) is 12.8. The van der Waals surface area contributed by atoms with Gasteiger partial charge < -0.3 is 9.64 Å². The highest BCUT2D eigenvalue weighted by molar-refractivity contribution is 5.92. The first-order valence-corrected chi connectivity index (χ1v) is 9.26. The van der Waals surface area contributed by atoms with E-state index in [-0.39, 0.29) is 23.7 Å². The monoisotopic (exact) mass is 373 g/mol. The molecule has 0 unspecified atom stereocenters. The van der Waals surface area contributed by atoms with Crippen LogP contribution in [0.5, 0.6) is 0 Å². The highest BCUT2D eigenvalue weighted by atomic mass is 16.5. The first-order valence-electron chi connectivity index (χ1n) is 9.26. The van der Waals surface area contributed by atoms with E-state index in [9.17, 15) is 9.59 Å². The van der Waals surface area contributed by atoms with Gasteiger partial charge >= 0.3 is 5.97 Å². The number of nitrogens with zero attached hydrogens (tertiary/aromatic N) is 5. The van der Waals surface area contributed by atoms with Gasteiger partial charge in [0.1, 0.15) is 5.69 Å². The van der Waals surface area contributed by atoms with Crippen molar-refractivity contribution in [3.63, 3.8) is 0 Å². The Kier molecular flexibility index (Phi) is 5.34. The molecule has 27 heavy (non-hydrogen) atoms. The fraction of sp³-hybridized carbons (Fsp3) is 0.579. The van der Waals surface area contributed by atoms with Crippen molar-refractivity contribution in [2.45, 2.75) is 33.7 Å². The maximum atomic E-state index is 13.2. The van der Waals surface area contributed by atoms with Gasteiger partial charge in [0.25, 0.3) is 5.91 Å². The molecule has 8 nitrogen and oxygen atoms in total. The van der Waals surface area contributed by atoms with Crippen molar-refractivity contribution >= 4 is 11.9 Å². The molecule has 8 heteroatoms. The normalized spacial score (nSPS) is 18.4. The molecule has 1 fully saturated rings. The molecule has 0 spiro atoms. The molecule has 2 heterocycles. The topological polar surface area (TPSA) is 82.2 Å². The van der Waals surface area contributed by atoms with Crippen LogP contribution in [0.1, 0.15) is 40.9 Å². The Morgan fingerprint density at radius 1 is 1.22 bits per heavy atom. The van der Waals surface area contributed by atoms with Gasteiger partial charge in [0.05, 0.1) is 30.5 Å². The van der Waals surface area contributed by atoms with E-state index in [0.717, 1.165) is 23.5 Å². The summed E-state index contributed by atoms with van der Waals surface area (Å²) in [7, 11) is 3.65. The van der Waals surface area contributed by atoms with E-state index in [2.05, 4.69) is 10.2 Å². The molecule has 1 aliphatic carbocycles. The molecule has 0 bridgehead atoms. The second kappa shape index (κ2) is 7.54. The standard InChI is InChI=1S/C19H27N5O3/c1-6-27-19(26)16-9-14(16)10-24(11-15-8-13(3)22(4)21-15)18(25)17-7-12(2)20-23(17)5/h7-8,14,16H,6,9-11H2,1-5H3/t14-,16-/m1/s1. The lowest BCUT2D eigenvalue weighted by Gasteiger charge is -2.22. The third-order valence-electron chi connectivity index (χ3n) is 4.99. The minimum absolute atomic E-state index is 0.101. The molecule has 2 aromatic heterocycles. The number of aromatic nitrogens is 4. The second-order valence-electron chi connectivity index (χ2n) is 7.24. The van der Waals surface area contributed by atoms with Crippen molar-refractivity contribution in [3.05, 3.63) is 34.9 Å². The number of aryl methyl sites for hydroxylation is 4. The van der Waals surface area contributed by atoms with E-state index >= 15 is 0 Å². The van der Waals surface area contributed by atoms with Crippen LogP contribution in [0.2, 0.25) is 0 Å². The zero-order valence-electron chi connectivity index (χ0n) is 16.6. The van der Waals surface area contributed by atoms with Crippen LogP contribution >= 0.6 is 0 Å². The van der Waals surface area contributed by atoms with Crippen LogP contribution in [0, 0.1) is 25.7 Å². The van der Waals surface area contributed by atoms with Gasteiger partial charge in [-0.2, -0.15) is 10.2 Å². The Balaban J connectivity index is 1.77. The fourth-order valence-corrected chi connectivity index (χ4v) is 3.37. The van der Waals surface area contributed by atoms with Crippen LogP contribution < -0.4 is 0 Å². The Morgan fingerprint density at radius 2 is 1.96 bits per heavy atom. The van der Waals surface area contributed by atoms with Crippen LogP contribution in [0.25, 0.3) is 0 Å². The maximum Gasteiger partial charge on any atom is 0.309 e. The van der Waals surface area contributed by atoms with E-state index in [1.807, 2.05) is 27.0 Å². The molecule has 0 N–H and O–H groups in total. The van der Waals surface area contributed by atoms with Crippen LogP contribution in [0.4, 0.5) is 0 Å². The summed E-state index contributed by atoms with van der Waals surface area (Å²) in [5.41, 5.74) is 3.19. The van der Waals surface area contributed by atoms with Crippen molar-refractivity contribution in [2.24, 2.45) is 25.9 Å². The number of hydrogen-bond acceptors (Lipinski definition) is 5. The van der Waals surface area contributed by atoms with Crippen molar-refractivity contribution in [1.29, 1.82) is 0 Å². The Morgan fingerprint density at radius 3 is 2.52 bits per heavy atom. The van der Waals surface area contributed by atoms with Gasteiger partial charge in [-0.05, 0) is 45.2 Å². The molecule has 0 radical (unpaired) electrons. The third-order valence-corrected chi connectivity index (χ3v) is 4.99. The number of amides is 1. The largest absolute Gasteiger partial charge is 0.466 e. The number of carbonyl (C=O) groups excluding carboxylic acids is 2. The van der Waals surface area contributed by atoms with Crippen LogP contribution in [0.3, 0.4) is 0 Å².